The van der Waals surface area contributed by atoms with Gasteiger partial charge in [-0.05, 0) is 63.2 Å². The van der Waals surface area contributed by atoms with E-state index in [2.05, 4.69) is 4.90 Å². The van der Waals surface area contributed by atoms with E-state index in [1.54, 1.807) is 17.0 Å². The maximum absolute atomic E-state index is 14.0. The van der Waals surface area contributed by atoms with Crippen LogP contribution < -0.4 is 9.80 Å². The number of hydrogen-bond acceptors (Lipinski definition) is 4. The Hall–Kier alpha value is -2.38. The molecule has 0 bridgehead atoms. The molecule has 0 unspecified atom stereocenters. The standard InChI is InChI=1S/C23H24FN3O2S/c1-16-21(28)27(18-11-9-17(24)10-12-18)23(30-16)19-7-3-4-8-20(19)26(22(23)29)15-25-13-5-2-6-14-25/h3-4,7-12,16H,2,5-6,13-15H2,1H3/t16-,23-/m0/s1. The summed E-state index contributed by atoms with van der Waals surface area (Å²) in [5.41, 5.74) is 2.23. The molecule has 156 valence electrons. The molecule has 5 nitrogen and oxygen atoms in total. The van der Waals surface area contributed by atoms with Crippen LogP contribution in [0.5, 0.6) is 0 Å². The molecular formula is C23H24FN3O2S. The van der Waals surface area contributed by atoms with Gasteiger partial charge in [0.1, 0.15) is 5.82 Å². The molecule has 0 saturated carbocycles. The van der Waals surface area contributed by atoms with Gasteiger partial charge in [-0.3, -0.25) is 24.3 Å². The van der Waals surface area contributed by atoms with Crippen molar-refractivity contribution < 1.29 is 14.0 Å². The van der Waals surface area contributed by atoms with E-state index < -0.39 is 4.87 Å². The fraction of sp³-hybridized carbons (Fsp3) is 0.391. The number of thioether (sulfide) groups is 1. The van der Waals surface area contributed by atoms with Crippen LogP contribution in [0.1, 0.15) is 31.7 Å². The summed E-state index contributed by atoms with van der Waals surface area (Å²) in [7, 11) is 0. The Labute approximate surface area is 179 Å². The minimum atomic E-state index is -1.15. The molecule has 30 heavy (non-hydrogen) atoms. The van der Waals surface area contributed by atoms with Gasteiger partial charge in [0, 0.05) is 11.3 Å². The molecule has 2 saturated heterocycles. The summed E-state index contributed by atoms with van der Waals surface area (Å²) in [4.78, 5) is 31.8. The van der Waals surface area contributed by atoms with Crippen molar-refractivity contribution in [2.75, 3.05) is 29.6 Å². The van der Waals surface area contributed by atoms with Crippen LogP contribution >= 0.6 is 11.8 Å². The van der Waals surface area contributed by atoms with Crippen LogP contribution in [-0.2, 0) is 14.5 Å². The number of hydrogen-bond donors (Lipinski definition) is 0. The lowest BCUT2D eigenvalue weighted by Crippen LogP contribution is -2.52. The fourth-order valence-corrected chi connectivity index (χ4v) is 6.30. The number of rotatable bonds is 3. The van der Waals surface area contributed by atoms with Crippen molar-refractivity contribution >= 4 is 35.0 Å². The first kappa shape index (κ1) is 19.6. The predicted octanol–water partition coefficient (Wildman–Crippen LogP) is 3.94. The van der Waals surface area contributed by atoms with Gasteiger partial charge in [0.15, 0.2) is 0 Å². The first-order valence-electron chi connectivity index (χ1n) is 10.4. The minimum absolute atomic E-state index is 0.0960. The van der Waals surface area contributed by atoms with E-state index in [9.17, 15) is 14.0 Å². The summed E-state index contributed by atoms with van der Waals surface area (Å²) in [5.74, 6) is -0.596. The van der Waals surface area contributed by atoms with Gasteiger partial charge < -0.3 is 0 Å². The number of carbonyl (C=O) groups is 2. The Morgan fingerprint density at radius 1 is 1.03 bits per heavy atom. The molecule has 3 aliphatic rings. The van der Waals surface area contributed by atoms with E-state index in [-0.39, 0.29) is 22.9 Å². The van der Waals surface area contributed by atoms with Crippen LogP contribution in [0.25, 0.3) is 0 Å². The summed E-state index contributed by atoms with van der Waals surface area (Å²) in [6, 6.07) is 13.6. The van der Waals surface area contributed by atoms with Gasteiger partial charge in [-0.2, -0.15) is 0 Å². The zero-order valence-corrected chi connectivity index (χ0v) is 17.7. The van der Waals surface area contributed by atoms with Crippen molar-refractivity contribution in [1.29, 1.82) is 0 Å². The number of benzene rings is 2. The van der Waals surface area contributed by atoms with Gasteiger partial charge in [0.2, 0.25) is 10.8 Å². The molecular weight excluding hydrogens is 401 g/mol. The molecule has 3 aliphatic heterocycles. The topological polar surface area (TPSA) is 43.9 Å². The first-order chi connectivity index (χ1) is 14.5. The van der Waals surface area contributed by atoms with Crippen molar-refractivity contribution in [3.8, 4) is 0 Å². The van der Waals surface area contributed by atoms with Crippen LogP contribution in [-0.4, -0.2) is 41.7 Å². The highest BCUT2D eigenvalue weighted by Gasteiger charge is 2.63. The Morgan fingerprint density at radius 2 is 1.73 bits per heavy atom. The van der Waals surface area contributed by atoms with Crippen LogP contribution in [0, 0.1) is 5.82 Å². The zero-order chi connectivity index (χ0) is 20.9. The zero-order valence-electron chi connectivity index (χ0n) is 16.9. The lowest BCUT2D eigenvalue weighted by Gasteiger charge is -2.35. The average Bonchev–Trinajstić information content (AvgIpc) is 3.16. The van der Waals surface area contributed by atoms with E-state index in [1.807, 2.05) is 36.1 Å². The summed E-state index contributed by atoms with van der Waals surface area (Å²) in [6.07, 6.45) is 3.51. The van der Waals surface area contributed by atoms with Gasteiger partial charge >= 0.3 is 0 Å². The van der Waals surface area contributed by atoms with E-state index in [1.165, 1.54) is 30.3 Å². The summed E-state index contributed by atoms with van der Waals surface area (Å²) in [6.45, 7) is 4.31. The molecule has 3 heterocycles. The van der Waals surface area contributed by atoms with Gasteiger partial charge in [-0.1, -0.05) is 24.6 Å². The van der Waals surface area contributed by atoms with E-state index in [0.29, 0.717) is 12.4 Å². The second-order valence-corrected chi connectivity index (χ2v) is 9.66. The fourth-order valence-electron chi connectivity index (χ4n) is 4.77. The first-order valence-corrected chi connectivity index (χ1v) is 11.3. The Bertz CT molecular complexity index is 992. The van der Waals surface area contributed by atoms with Crippen LogP contribution in [0.3, 0.4) is 0 Å². The smallest absolute Gasteiger partial charge is 0.269 e. The molecule has 2 aromatic rings. The monoisotopic (exact) mass is 425 g/mol. The molecule has 0 radical (unpaired) electrons. The molecule has 2 amide bonds. The molecule has 0 aliphatic carbocycles. The number of amides is 2. The number of para-hydroxylation sites is 1. The molecule has 7 heteroatoms. The van der Waals surface area contributed by atoms with Crippen LogP contribution in [0.4, 0.5) is 15.8 Å². The third-order valence-electron chi connectivity index (χ3n) is 6.20. The molecule has 2 aromatic carbocycles. The van der Waals surface area contributed by atoms with E-state index >= 15 is 0 Å². The second kappa shape index (κ2) is 7.39. The van der Waals surface area contributed by atoms with E-state index in [0.717, 1.165) is 37.2 Å². The van der Waals surface area contributed by atoms with Gasteiger partial charge in [0.05, 0.1) is 17.6 Å². The molecule has 2 fully saturated rings. The van der Waals surface area contributed by atoms with Crippen molar-refractivity contribution in [2.45, 2.75) is 36.3 Å². The summed E-state index contributed by atoms with van der Waals surface area (Å²) in [5, 5.41) is -0.373. The molecule has 0 aromatic heterocycles. The van der Waals surface area contributed by atoms with Crippen molar-refractivity contribution in [3.05, 3.63) is 59.9 Å². The number of nitrogens with zero attached hydrogens (tertiary/aromatic N) is 3. The van der Waals surface area contributed by atoms with Crippen LogP contribution in [0.2, 0.25) is 0 Å². The number of piperidine rings is 1. The Balaban J connectivity index is 1.61. The molecule has 2 atom stereocenters. The summed E-state index contributed by atoms with van der Waals surface area (Å²) < 4.78 is 13.6. The largest absolute Gasteiger partial charge is 0.295 e. The second-order valence-electron chi connectivity index (χ2n) is 8.12. The van der Waals surface area contributed by atoms with Crippen molar-refractivity contribution in [2.24, 2.45) is 0 Å². The highest BCUT2D eigenvalue weighted by Crippen LogP contribution is 2.57. The normalized spacial score (nSPS) is 26.7. The van der Waals surface area contributed by atoms with E-state index in [4.69, 9.17) is 0 Å². The Morgan fingerprint density at radius 3 is 2.47 bits per heavy atom. The maximum Gasteiger partial charge on any atom is 0.269 e. The highest BCUT2D eigenvalue weighted by molar-refractivity contribution is 8.03. The predicted molar refractivity (Wildman–Crippen MR) is 117 cm³/mol. The molecule has 0 N–H and O–H groups in total. The number of fused-ring (bicyclic) bond motifs is 2. The lowest BCUT2D eigenvalue weighted by atomic mass is 10.0. The van der Waals surface area contributed by atoms with Gasteiger partial charge in [-0.25, -0.2) is 4.39 Å². The maximum atomic E-state index is 14.0. The number of anilines is 2. The lowest BCUT2D eigenvalue weighted by molar-refractivity contribution is -0.124. The minimum Gasteiger partial charge on any atom is -0.295 e. The molecule has 5 rings (SSSR count). The molecule has 1 spiro atoms. The third-order valence-corrected chi connectivity index (χ3v) is 7.67. The van der Waals surface area contributed by atoms with Gasteiger partial charge in [-0.15, -0.1) is 11.8 Å². The number of likely N-dealkylation sites (tertiary alicyclic amines) is 1. The average molecular weight is 426 g/mol. The van der Waals surface area contributed by atoms with Crippen molar-refractivity contribution in [3.63, 3.8) is 0 Å². The third kappa shape index (κ3) is 2.87. The van der Waals surface area contributed by atoms with Crippen molar-refractivity contribution in [1.82, 2.24) is 4.90 Å². The SMILES string of the molecule is C[C@@H]1S[C@@]2(C(=O)N(CN3CCCCC3)c3ccccc32)N(c2ccc(F)cc2)C1=O. The van der Waals surface area contributed by atoms with Crippen LogP contribution in [0.15, 0.2) is 48.5 Å². The highest BCUT2D eigenvalue weighted by atomic mass is 32.2. The van der Waals surface area contributed by atoms with Gasteiger partial charge in [0.25, 0.3) is 5.91 Å². The summed E-state index contributed by atoms with van der Waals surface area (Å²) >= 11 is 1.38. The number of halogens is 1. The number of carbonyl (C=O) groups excluding carboxylic acids is 2. The quantitative estimate of drug-likeness (QED) is 0.747. The Kier molecular flexibility index (Phi) is 4.82.